The summed E-state index contributed by atoms with van der Waals surface area (Å²) in [5.74, 6) is 4.09. The lowest BCUT2D eigenvalue weighted by atomic mass is 9.94. The standard InChI is InChI=1S/C24H24N4O2/c1-2-14-30-21-7-5-18(6-8-21)16-28-13-3-4-20(17-28)22-15-23(29)27-24(26-22)19-9-11-25-12-10-19/h1,5-12,15,20H,3-4,13-14,16-17H2,(H,26,27,29). The summed E-state index contributed by atoms with van der Waals surface area (Å²) in [6.07, 6.45) is 10.7. The molecule has 1 aromatic carbocycles. The van der Waals surface area contributed by atoms with Gasteiger partial charge in [0.1, 0.15) is 18.2 Å². The molecule has 6 heteroatoms. The monoisotopic (exact) mass is 400 g/mol. The molecule has 0 saturated carbocycles. The fourth-order valence-electron chi connectivity index (χ4n) is 3.85. The number of pyridine rings is 1. The smallest absolute Gasteiger partial charge is 0.251 e. The fourth-order valence-corrected chi connectivity index (χ4v) is 3.85. The lowest BCUT2D eigenvalue weighted by Crippen LogP contribution is -2.34. The minimum absolute atomic E-state index is 0.119. The highest BCUT2D eigenvalue weighted by atomic mass is 16.5. The Morgan fingerprint density at radius 1 is 1.20 bits per heavy atom. The number of H-pyrrole nitrogens is 1. The number of ether oxygens (including phenoxy) is 1. The normalized spacial score (nSPS) is 16.7. The highest BCUT2D eigenvalue weighted by molar-refractivity contribution is 5.53. The first-order valence-electron chi connectivity index (χ1n) is 10.1. The molecule has 1 N–H and O–H groups in total. The van der Waals surface area contributed by atoms with E-state index in [0.717, 1.165) is 49.5 Å². The number of nitrogens with one attached hydrogen (secondary N) is 1. The second-order valence-corrected chi connectivity index (χ2v) is 7.47. The Morgan fingerprint density at radius 3 is 2.77 bits per heavy atom. The van der Waals surface area contributed by atoms with Gasteiger partial charge in [0.15, 0.2) is 0 Å². The van der Waals surface area contributed by atoms with Crippen LogP contribution in [0.5, 0.6) is 5.75 Å². The van der Waals surface area contributed by atoms with Crippen molar-refractivity contribution in [3.63, 3.8) is 0 Å². The minimum Gasteiger partial charge on any atom is -0.481 e. The van der Waals surface area contributed by atoms with Crippen LogP contribution in [0, 0.1) is 12.3 Å². The summed E-state index contributed by atoms with van der Waals surface area (Å²) in [7, 11) is 0. The van der Waals surface area contributed by atoms with Crippen molar-refractivity contribution in [2.45, 2.75) is 25.3 Å². The van der Waals surface area contributed by atoms with Crippen molar-refractivity contribution in [3.8, 4) is 29.5 Å². The lowest BCUT2D eigenvalue weighted by molar-refractivity contribution is 0.198. The molecule has 1 fully saturated rings. The van der Waals surface area contributed by atoms with E-state index in [1.807, 2.05) is 24.3 Å². The van der Waals surface area contributed by atoms with E-state index in [9.17, 15) is 4.79 Å². The Kier molecular flexibility index (Phi) is 6.21. The number of aromatic amines is 1. The Hall–Kier alpha value is -3.43. The third-order valence-corrected chi connectivity index (χ3v) is 5.29. The molecule has 1 unspecified atom stereocenters. The number of terminal acetylenes is 1. The van der Waals surface area contributed by atoms with Crippen LogP contribution >= 0.6 is 0 Å². The van der Waals surface area contributed by atoms with Crippen LogP contribution in [0.15, 0.2) is 59.7 Å². The number of hydrogen-bond donors (Lipinski definition) is 1. The summed E-state index contributed by atoms with van der Waals surface area (Å²) in [6.45, 7) is 3.04. The second kappa shape index (κ2) is 9.38. The van der Waals surface area contributed by atoms with Crippen LogP contribution in [-0.2, 0) is 6.54 Å². The maximum atomic E-state index is 12.3. The Labute approximate surface area is 176 Å². The Bertz CT molecular complexity index is 1070. The summed E-state index contributed by atoms with van der Waals surface area (Å²) in [4.78, 5) is 26.3. The molecular weight excluding hydrogens is 376 g/mol. The van der Waals surface area contributed by atoms with Crippen molar-refractivity contribution >= 4 is 0 Å². The molecule has 1 aliphatic heterocycles. The van der Waals surface area contributed by atoms with Crippen LogP contribution in [0.1, 0.15) is 30.0 Å². The third kappa shape index (κ3) is 4.94. The van der Waals surface area contributed by atoms with Gasteiger partial charge in [0.25, 0.3) is 5.56 Å². The molecule has 152 valence electrons. The lowest BCUT2D eigenvalue weighted by Gasteiger charge is -2.32. The van der Waals surface area contributed by atoms with Crippen molar-refractivity contribution in [1.29, 1.82) is 0 Å². The van der Waals surface area contributed by atoms with E-state index in [-0.39, 0.29) is 18.1 Å². The molecule has 1 aliphatic rings. The van der Waals surface area contributed by atoms with E-state index in [2.05, 4.69) is 32.9 Å². The van der Waals surface area contributed by atoms with Crippen LogP contribution < -0.4 is 10.3 Å². The maximum absolute atomic E-state index is 12.3. The zero-order valence-corrected chi connectivity index (χ0v) is 16.8. The molecule has 3 aromatic rings. The third-order valence-electron chi connectivity index (χ3n) is 5.29. The molecule has 1 saturated heterocycles. The molecule has 30 heavy (non-hydrogen) atoms. The van der Waals surface area contributed by atoms with Gasteiger partial charge >= 0.3 is 0 Å². The van der Waals surface area contributed by atoms with E-state index >= 15 is 0 Å². The summed E-state index contributed by atoms with van der Waals surface area (Å²) >= 11 is 0. The molecule has 2 aromatic heterocycles. The first kappa shape index (κ1) is 19.9. The van der Waals surface area contributed by atoms with Gasteiger partial charge in [0.05, 0.1) is 5.69 Å². The van der Waals surface area contributed by atoms with Crippen LogP contribution in [0.4, 0.5) is 0 Å². The summed E-state index contributed by atoms with van der Waals surface area (Å²) in [5.41, 5.74) is 2.82. The molecule has 0 bridgehead atoms. The van der Waals surface area contributed by atoms with Gasteiger partial charge in [0, 0.05) is 43.0 Å². The van der Waals surface area contributed by atoms with Gasteiger partial charge in [-0.15, -0.1) is 6.42 Å². The molecular formula is C24H24N4O2. The van der Waals surface area contributed by atoms with Gasteiger partial charge in [-0.05, 0) is 49.2 Å². The molecule has 1 atom stereocenters. The van der Waals surface area contributed by atoms with E-state index < -0.39 is 0 Å². The Balaban J connectivity index is 1.46. The summed E-state index contributed by atoms with van der Waals surface area (Å²) in [6, 6.07) is 13.4. The quantitative estimate of drug-likeness (QED) is 0.644. The SMILES string of the molecule is C#CCOc1ccc(CN2CCCC(c3cc(=O)[nH]c(-c4ccncc4)n3)C2)cc1. The van der Waals surface area contributed by atoms with E-state index in [1.54, 1.807) is 18.5 Å². The molecule has 0 spiro atoms. The number of piperidine rings is 1. The molecule has 4 rings (SSSR count). The van der Waals surface area contributed by atoms with Gasteiger partial charge in [-0.1, -0.05) is 18.1 Å². The second-order valence-electron chi connectivity index (χ2n) is 7.47. The molecule has 6 nitrogen and oxygen atoms in total. The summed E-state index contributed by atoms with van der Waals surface area (Å²) in [5, 5.41) is 0. The Morgan fingerprint density at radius 2 is 2.00 bits per heavy atom. The zero-order valence-electron chi connectivity index (χ0n) is 16.8. The number of benzene rings is 1. The molecule has 0 radical (unpaired) electrons. The van der Waals surface area contributed by atoms with Gasteiger partial charge in [-0.3, -0.25) is 14.7 Å². The number of hydrogen-bond acceptors (Lipinski definition) is 5. The molecule has 3 heterocycles. The van der Waals surface area contributed by atoms with E-state index in [0.29, 0.717) is 5.82 Å². The number of rotatable bonds is 6. The first-order chi connectivity index (χ1) is 14.7. The average Bonchev–Trinajstić information content (AvgIpc) is 2.79. The predicted octanol–water partition coefficient (Wildman–Crippen LogP) is 3.22. The number of nitrogens with zero attached hydrogens (tertiary/aromatic N) is 3. The van der Waals surface area contributed by atoms with Crippen molar-refractivity contribution in [2.75, 3.05) is 19.7 Å². The topological polar surface area (TPSA) is 71.1 Å². The predicted molar refractivity (Wildman–Crippen MR) is 116 cm³/mol. The van der Waals surface area contributed by atoms with Crippen molar-refractivity contribution in [1.82, 2.24) is 19.9 Å². The van der Waals surface area contributed by atoms with Gasteiger partial charge in [-0.2, -0.15) is 0 Å². The van der Waals surface area contributed by atoms with Gasteiger partial charge < -0.3 is 9.72 Å². The fraction of sp³-hybridized carbons (Fsp3) is 0.292. The van der Waals surface area contributed by atoms with Gasteiger partial charge in [-0.25, -0.2) is 4.98 Å². The average molecular weight is 400 g/mol. The maximum Gasteiger partial charge on any atom is 0.251 e. The number of likely N-dealkylation sites (tertiary alicyclic amines) is 1. The van der Waals surface area contributed by atoms with Crippen LogP contribution in [0.2, 0.25) is 0 Å². The molecule has 0 amide bonds. The van der Waals surface area contributed by atoms with Crippen LogP contribution in [-0.4, -0.2) is 39.5 Å². The van der Waals surface area contributed by atoms with Gasteiger partial charge in [0.2, 0.25) is 0 Å². The largest absolute Gasteiger partial charge is 0.481 e. The van der Waals surface area contributed by atoms with Crippen molar-refractivity contribution in [3.05, 3.63) is 76.5 Å². The zero-order chi connectivity index (χ0) is 20.8. The first-order valence-corrected chi connectivity index (χ1v) is 10.1. The molecule has 0 aliphatic carbocycles. The highest BCUT2D eigenvalue weighted by Gasteiger charge is 2.23. The van der Waals surface area contributed by atoms with Crippen molar-refractivity contribution < 1.29 is 4.74 Å². The summed E-state index contributed by atoms with van der Waals surface area (Å²) < 4.78 is 5.44. The highest BCUT2D eigenvalue weighted by Crippen LogP contribution is 2.27. The minimum atomic E-state index is -0.119. The number of aromatic nitrogens is 3. The van der Waals surface area contributed by atoms with Crippen molar-refractivity contribution in [2.24, 2.45) is 0 Å². The van der Waals surface area contributed by atoms with Crippen LogP contribution in [0.25, 0.3) is 11.4 Å². The van der Waals surface area contributed by atoms with E-state index in [1.165, 1.54) is 5.56 Å². The van der Waals surface area contributed by atoms with Crippen LogP contribution in [0.3, 0.4) is 0 Å². The van der Waals surface area contributed by atoms with E-state index in [4.69, 9.17) is 16.1 Å².